The molecule has 0 spiro atoms. The van der Waals surface area contributed by atoms with E-state index in [1.807, 2.05) is 67.6 Å². The highest BCUT2D eigenvalue weighted by Gasteiger charge is 2.17. The molecular weight excluding hydrogens is 584 g/mol. The second-order valence-corrected chi connectivity index (χ2v) is 12.0. The van der Waals surface area contributed by atoms with Crippen molar-refractivity contribution in [3.05, 3.63) is 119 Å². The lowest BCUT2D eigenvalue weighted by atomic mass is 10.1. The fourth-order valence-corrected chi connectivity index (χ4v) is 6.23. The molecule has 228 valence electrons. The van der Waals surface area contributed by atoms with E-state index < -0.39 is 5.91 Å². The summed E-state index contributed by atoms with van der Waals surface area (Å²) in [5.74, 6) is 0.0396. The highest BCUT2D eigenvalue weighted by Crippen LogP contribution is 2.37. The van der Waals surface area contributed by atoms with Crippen LogP contribution in [0, 0.1) is 6.92 Å². The summed E-state index contributed by atoms with van der Waals surface area (Å²) in [6.45, 7) is 3.95. The molecule has 5 rings (SSSR count). The topological polar surface area (TPSA) is 115 Å². The highest BCUT2D eigenvalue weighted by molar-refractivity contribution is 7.99. The Hall–Kier alpha value is -5.15. The summed E-state index contributed by atoms with van der Waals surface area (Å²) in [6.07, 6.45) is 1.81. The van der Waals surface area contributed by atoms with E-state index in [1.165, 1.54) is 13.1 Å². The predicted molar refractivity (Wildman–Crippen MR) is 178 cm³/mol. The Morgan fingerprint density at radius 3 is 2.44 bits per heavy atom. The third-order valence-corrected chi connectivity index (χ3v) is 8.23. The Balaban J connectivity index is 1.41. The highest BCUT2D eigenvalue weighted by atomic mass is 32.2. The maximum atomic E-state index is 13.2. The second kappa shape index (κ2) is 13.7. The molecule has 9 heteroatoms. The molecule has 0 aliphatic carbocycles. The minimum absolute atomic E-state index is 0.0535. The number of Topliss-reactive ketones (excluding diaryl/α,β-unsaturated/α-hetero) is 1. The number of carbonyl (C=O) groups is 3. The largest absolute Gasteiger partial charge is 0.497 e. The molecule has 3 N–H and O–H groups in total. The summed E-state index contributed by atoms with van der Waals surface area (Å²) in [4.78, 5) is 45.4. The quantitative estimate of drug-likeness (QED) is 0.165. The third kappa shape index (κ3) is 7.50. The Bertz CT molecular complexity index is 1920. The van der Waals surface area contributed by atoms with Crippen LogP contribution in [-0.2, 0) is 17.8 Å². The molecule has 0 saturated carbocycles. The van der Waals surface area contributed by atoms with Crippen LogP contribution in [0.4, 0.5) is 11.4 Å². The molecule has 0 saturated heterocycles. The summed E-state index contributed by atoms with van der Waals surface area (Å²) in [5, 5.41) is 4.14. The Labute approximate surface area is 266 Å². The van der Waals surface area contributed by atoms with Crippen LogP contribution in [0.5, 0.6) is 5.75 Å². The van der Waals surface area contributed by atoms with Gasteiger partial charge < -0.3 is 20.7 Å². The molecule has 0 aliphatic heterocycles. The molecule has 45 heavy (non-hydrogen) atoms. The molecule has 0 fully saturated rings. The predicted octanol–water partition coefficient (Wildman–Crippen LogP) is 6.95. The first-order valence-corrected chi connectivity index (χ1v) is 15.2. The van der Waals surface area contributed by atoms with Gasteiger partial charge in [-0.25, -0.2) is 0 Å². The zero-order valence-electron chi connectivity index (χ0n) is 25.6. The van der Waals surface area contributed by atoms with E-state index in [9.17, 15) is 14.4 Å². The monoisotopic (exact) mass is 618 g/mol. The van der Waals surface area contributed by atoms with Crippen LogP contribution in [0.3, 0.4) is 0 Å². The number of amides is 2. The first-order valence-electron chi connectivity index (χ1n) is 14.4. The van der Waals surface area contributed by atoms with E-state index in [0.717, 1.165) is 43.1 Å². The summed E-state index contributed by atoms with van der Waals surface area (Å²) < 4.78 is 5.37. The zero-order valence-corrected chi connectivity index (χ0v) is 26.4. The van der Waals surface area contributed by atoms with Gasteiger partial charge in [-0.05, 0) is 79.1 Å². The Morgan fingerprint density at radius 1 is 0.933 bits per heavy atom. The molecule has 5 aromatic rings. The van der Waals surface area contributed by atoms with Gasteiger partial charge in [-0.3, -0.25) is 19.4 Å². The van der Waals surface area contributed by atoms with Crippen LogP contribution in [0.25, 0.3) is 10.9 Å². The number of carbonyl (C=O) groups excluding carboxylic acids is 3. The number of aryl methyl sites for hydroxylation is 1. The molecule has 0 radical (unpaired) electrons. The van der Waals surface area contributed by atoms with Crippen molar-refractivity contribution in [2.24, 2.45) is 5.73 Å². The summed E-state index contributed by atoms with van der Waals surface area (Å²) >= 11 is 1.58. The van der Waals surface area contributed by atoms with E-state index in [4.69, 9.17) is 10.5 Å². The number of aromatic nitrogens is 1. The van der Waals surface area contributed by atoms with E-state index in [-0.39, 0.29) is 17.3 Å². The number of methoxy groups -OCH3 is 1. The number of hydrogen-bond donors (Lipinski definition) is 2. The van der Waals surface area contributed by atoms with Crippen LogP contribution >= 0.6 is 11.8 Å². The second-order valence-electron chi connectivity index (χ2n) is 10.9. The van der Waals surface area contributed by atoms with Gasteiger partial charge in [-0.15, -0.1) is 0 Å². The van der Waals surface area contributed by atoms with E-state index in [2.05, 4.69) is 22.4 Å². The molecule has 4 aromatic carbocycles. The van der Waals surface area contributed by atoms with Crippen LogP contribution in [-0.4, -0.2) is 41.6 Å². The Morgan fingerprint density at radius 2 is 1.69 bits per heavy atom. The number of nitrogens with zero attached hydrogens (tertiary/aromatic N) is 2. The van der Waals surface area contributed by atoms with Crippen molar-refractivity contribution in [2.45, 2.75) is 36.6 Å². The maximum Gasteiger partial charge on any atom is 0.253 e. The summed E-state index contributed by atoms with van der Waals surface area (Å²) in [7, 11) is 3.37. The number of primary amides is 1. The Kier molecular flexibility index (Phi) is 9.49. The average Bonchev–Trinajstić information content (AvgIpc) is 3.01. The number of benzene rings is 4. The SMILES string of the molecule is COc1cccc(Nc2c(C(N)=O)cnc3c(C)cc(Sc4cccc(CN(C)C(=O)c5cccc(CC(C)=O)c5)c4)cc23)c1. The molecule has 0 aliphatic rings. The van der Waals surface area contributed by atoms with Crippen molar-refractivity contribution in [3.8, 4) is 5.75 Å². The molecule has 1 aromatic heterocycles. The summed E-state index contributed by atoms with van der Waals surface area (Å²) in [5.41, 5.74) is 11.4. The smallest absolute Gasteiger partial charge is 0.253 e. The van der Waals surface area contributed by atoms with Gasteiger partial charge in [0.25, 0.3) is 11.8 Å². The standard InChI is InChI=1S/C36H34N4O4S/c1-22-14-30(19-31-33(22)38-20-32(35(37)42)34(31)39-27-11-7-12-28(18-27)44-4)45-29-13-6-9-25(17-29)21-40(3)36(43)26-10-5-8-24(16-26)15-23(2)41/h5-14,16-20H,15,21H2,1-4H3,(H2,37,42)(H,38,39). The number of ketones is 1. The van der Waals surface area contributed by atoms with Crippen LogP contribution in [0.15, 0.2) is 101 Å². The molecular formula is C36H34N4O4S. The number of hydrogen-bond acceptors (Lipinski definition) is 7. The fourth-order valence-electron chi connectivity index (χ4n) is 5.18. The van der Waals surface area contributed by atoms with Gasteiger partial charge in [0.2, 0.25) is 0 Å². The number of pyridine rings is 1. The van der Waals surface area contributed by atoms with Gasteiger partial charge >= 0.3 is 0 Å². The first-order chi connectivity index (χ1) is 21.6. The van der Waals surface area contributed by atoms with Gasteiger partial charge in [-0.1, -0.05) is 42.1 Å². The molecule has 1 heterocycles. The van der Waals surface area contributed by atoms with Crippen molar-refractivity contribution in [1.82, 2.24) is 9.88 Å². The van der Waals surface area contributed by atoms with Gasteiger partial charge in [0.1, 0.15) is 11.5 Å². The van der Waals surface area contributed by atoms with Gasteiger partial charge in [-0.2, -0.15) is 0 Å². The van der Waals surface area contributed by atoms with E-state index >= 15 is 0 Å². The number of ether oxygens (including phenoxy) is 1. The summed E-state index contributed by atoms with van der Waals surface area (Å²) in [6, 6.07) is 26.8. The number of rotatable bonds is 11. The van der Waals surface area contributed by atoms with Crippen LogP contribution < -0.4 is 15.8 Å². The van der Waals surface area contributed by atoms with Crippen molar-refractivity contribution >= 4 is 51.6 Å². The maximum absolute atomic E-state index is 13.2. The normalized spacial score (nSPS) is 10.8. The number of fused-ring (bicyclic) bond motifs is 1. The number of nitrogens with one attached hydrogen (secondary N) is 1. The first kappa shape index (κ1) is 31.3. The van der Waals surface area contributed by atoms with E-state index in [1.54, 1.807) is 43.0 Å². The van der Waals surface area contributed by atoms with Crippen molar-refractivity contribution < 1.29 is 19.1 Å². The lowest BCUT2D eigenvalue weighted by Gasteiger charge is -2.18. The third-order valence-electron chi connectivity index (χ3n) is 7.27. The van der Waals surface area contributed by atoms with E-state index in [0.29, 0.717) is 30.0 Å². The van der Waals surface area contributed by atoms with Gasteiger partial charge in [0, 0.05) is 58.7 Å². The molecule has 0 atom stereocenters. The molecule has 0 unspecified atom stereocenters. The van der Waals surface area contributed by atoms with Crippen molar-refractivity contribution in [1.29, 1.82) is 0 Å². The average molecular weight is 619 g/mol. The minimum atomic E-state index is -0.581. The molecule has 0 bridgehead atoms. The number of nitrogens with two attached hydrogens (primary N) is 1. The zero-order chi connectivity index (χ0) is 32.1. The van der Waals surface area contributed by atoms with Crippen LogP contribution in [0.1, 0.15) is 44.3 Å². The van der Waals surface area contributed by atoms with Gasteiger partial charge in [0.05, 0.1) is 23.9 Å². The van der Waals surface area contributed by atoms with Crippen LogP contribution in [0.2, 0.25) is 0 Å². The minimum Gasteiger partial charge on any atom is -0.497 e. The number of anilines is 2. The van der Waals surface area contributed by atoms with Gasteiger partial charge in [0.15, 0.2) is 0 Å². The lowest BCUT2D eigenvalue weighted by Crippen LogP contribution is -2.26. The molecule has 2 amide bonds. The molecule has 8 nitrogen and oxygen atoms in total. The van der Waals surface area contributed by atoms with Crippen molar-refractivity contribution in [2.75, 3.05) is 19.5 Å². The van der Waals surface area contributed by atoms with Crippen molar-refractivity contribution in [3.63, 3.8) is 0 Å². The fraction of sp³-hybridized carbons (Fsp3) is 0.167. The lowest BCUT2D eigenvalue weighted by molar-refractivity contribution is -0.116.